The third kappa shape index (κ3) is 8.50. The summed E-state index contributed by atoms with van der Waals surface area (Å²) in [5, 5.41) is 1.11. The zero-order valence-electron chi connectivity index (χ0n) is 26.7. The average molecular weight is 662 g/mol. The van der Waals surface area contributed by atoms with Crippen LogP contribution in [0.1, 0.15) is 17.5 Å². The highest BCUT2D eigenvalue weighted by molar-refractivity contribution is 7.89. The Morgan fingerprint density at radius 1 is 0.783 bits per heavy atom. The van der Waals surface area contributed by atoms with Gasteiger partial charge >= 0.3 is 0 Å². The fraction of sp³-hybridized carbons (Fsp3) is 0.406. The van der Waals surface area contributed by atoms with Crippen molar-refractivity contribution in [2.75, 3.05) is 72.4 Å². The van der Waals surface area contributed by atoms with Crippen molar-refractivity contribution in [1.29, 1.82) is 0 Å². The van der Waals surface area contributed by atoms with Crippen molar-refractivity contribution >= 4 is 21.6 Å². The van der Waals surface area contributed by atoms with Gasteiger partial charge in [-0.3, -0.25) is 9.63 Å². The van der Waals surface area contributed by atoms with Crippen LogP contribution in [-0.4, -0.2) is 91.2 Å². The third-order valence-electron chi connectivity index (χ3n) is 7.66. The molecule has 0 atom stereocenters. The predicted octanol–water partition coefficient (Wildman–Crippen LogP) is 3.87. The van der Waals surface area contributed by atoms with Gasteiger partial charge in [0.05, 0.1) is 53.4 Å². The van der Waals surface area contributed by atoms with Gasteiger partial charge in [-0.2, -0.15) is 4.31 Å². The molecule has 3 aromatic rings. The molecule has 3 aromatic carbocycles. The van der Waals surface area contributed by atoms with Gasteiger partial charge in [0, 0.05) is 62.0 Å². The van der Waals surface area contributed by atoms with Crippen LogP contribution in [0.4, 0.5) is 10.1 Å². The lowest BCUT2D eigenvalue weighted by Crippen LogP contribution is -2.49. The third-order valence-corrected chi connectivity index (χ3v) is 9.54. The van der Waals surface area contributed by atoms with Crippen LogP contribution in [0.2, 0.25) is 0 Å². The fourth-order valence-corrected chi connectivity index (χ4v) is 6.46. The van der Waals surface area contributed by atoms with E-state index in [-0.39, 0.29) is 38.5 Å². The van der Waals surface area contributed by atoms with E-state index in [4.69, 9.17) is 28.5 Å². The number of hydrogen-bond acceptors (Lipinski definition) is 10. The van der Waals surface area contributed by atoms with E-state index in [1.165, 1.54) is 44.9 Å². The number of carbonyl (C=O) groups is 1. The summed E-state index contributed by atoms with van der Waals surface area (Å²) in [4.78, 5) is 21.7. The quantitative estimate of drug-likeness (QED) is 0.222. The molecule has 1 amide bonds. The van der Waals surface area contributed by atoms with Gasteiger partial charge in [0.25, 0.3) is 0 Å². The SMILES string of the molecule is COc1ccc(CON(Cc2c(OC)cc(OC)cc2OC)C(=O)CCS(=O)(=O)N2CCN(c3ccc(F)cc3)CC2)c(OC)c1. The first-order valence-corrected chi connectivity index (χ1v) is 16.1. The molecule has 0 aliphatic carbocycles. The first kappa shape index (κ1) is 34.6. The summed E-state index contributed by atoms with van der Waals surface area (Å²) in [6, 6.07) is 14.6. The molecule has 0 unspecified atom stereocenters. The van der Waals surface area contributed by atoms with Crippen molar-refractivity contribution in [3.8, 4) is 28.7 Å². The molecule has 1 saturated heterocycles. The number of benzene rings is 3. The summed E-state index contributed by atoms with van der Waals surface area (Å²) < 4.78 is 68.6. The molecule has 12 nitrogen and oxygen atoms in total. The zero-order chi connectivity index (χ0) is 33.3. The summed E-state index contributed by atoms with van der Waals surface area (Å²) in [5.41, 5.74) is 1.96. The minimum atomic E-state index is -3.77. The minimum absolute atomic E-state index is 0.0577. The minimum Gasteiger partial charge on any atom is -0.497 e. The van der Waals surface area contributed by atoms with Crippen molar-refractivity contribution in [3.05, 3.63) is 71.5 Å². The molecule has 0 spiro atoms. The Hall–Kier alpha value is -4.27. The van der Waals surface area contributed by atoms with E-state index in [0.717, 1.165) is 10.8 Å². The summed E-state index contributed by atoms with van der Waals surface area (Å²) >= 11 is 0. The second-order valence-electron chi connectivity index (χ2n) is 10.3. The highest BCUT2D eigenvalue weighted by Crippen LogP contribution is 2.35. The van der Waals surface area contributed by atoms with E-state index < -0.39 is 21.7 Å². The fourth-order valence-electron chi connectivity index (χ4n) is 5.05. The predicted molar refractivity (Wildman–Crippen MR) is 170 cm³/mol. The molecule has 0 aromatic heterocycles. The highest BCUT2D eigenvalue weighted by atomic mass is 32.2. The Balaban J connectivity index is 1.50. The van der Waals surface area contributed by atoms with Crippen LogP contribution in [-0.2, 0) is 32.8 Å². The molecule has 1 fully saturated rings. The second kappa shape index (κ2) is 15.8. The van der Waals surface area contributed by atoms with Gasteiger partial charge in [-0.1, -0.05) is 0 Å². The summed E-state index contributed by atoms with van der Waals surface area (Å²) in [7, 11) is 3.76. The number of hydrogen-bond donors (Lipinski definition) is 0. The van der Waals surface area contributed by atoms with Crippen LogP contribution < -0.4 is 28.6 Å². The summed E-state index contributed by atoms with van der Waals surface area (Å²) in [5.74, 6) is 1.06. The number of carbonyl (C=O) groups excluding carboxylic acids is 1. The second-order valence-corrected chi connectivity index (χ2v) is 12.4. The molecule has 46 heavy (non-hydrogen) atoms. The molecule has 14 heteroatoms. The Kier molecular flexibility index (Phi) is 11.9. The monoisotopic (exact) mass is 661 g/mol. The van der Waals surface area contributed by atoms with E-state index in [1.54, 1.807) is 49.6 Å². The molecule has 1 heterocycles. The first-order chi connectivity index (χ1) is 22.1. The topological polar surface area (TPSA) is 116 Å². The highest BCUT2D eigenvalue weighted by Gasteiger charge is 2.29. The van der Waals surface area contributed by atoms with E-state index >= 15 is 0 Å². The van der Waals surface area contributed by atoms with Crippen LogP contribution in [0.5, 0.6) is 28.7 Å². The van der Waals surface area contributed by atoms with Crippen LogP contribution in [0.15, 0.2) is 54.6 Å². The normalized spacial score (nSPS) is 13.7. The van der Waals surface area contributed by atoms with E-state index in [9.17, 15) is 17.6 Å². The molecule has 0 N–H and O–H groups in total. The molecule has 250 valence electrons. The largest absolute Gasteiger partial charge is 0.497 e. The first-order valence-electron chi connectivity index (χ1n) is 14.5. The van der Waals surface area contributed by atoms with E-state index in [1.807, 2.05) is 4.90 Å². The molecular weight excluding hydrogens is 621 g/mol. The number of piperazine rings is 1. The van der Waals surface area contributed by atoms with E-state index in [2.05, 4.69) is 0 Å². The van der Waals surface area contributed by atoms with Crippen molar-refractivity contribution in [3.63, 3.8) is 0 Å². The Morgan fingerprint density at radius 2 is 1.37 bits per heavy atom. The number of ether oxygens (including phenoxy) is 5. The maximum absolute atomic E-state index is 13.7. The Bertz CT molecular complexity index is 1560. The maximum atomic E-state index is 13.7. The molecule has 0 bridgehead atoms. The standard InChI is InChI=1S/C32H40FN3O9S/c1-40-26-11-6-23(29(18-26)42-3)22-45-36(21-28-30(43-4)19-27(41-2)20-31(28)44-5)32(37)12-17-46(38,39)35-15-13-34(14-16-35)25-9-7-24(33)8-10-25/h6-11,18-20H,12-17,21-22H2,1-5H3. The molecule has 0 radical (unpaired) electrons. The lowest BCUT2D eigenvalue weighted by atomic mass is 10.1. The van der Waals surface area contributed by atoms with Crippen LogP contribution in [0.3, 0.4) is 0 Å². The number of methoxy groups -OCH3 is 5. The number of halogens is 1. The number of sulfonamides is 1. The Labute approximate surface area is 269 Å². The van der Waals surface area contributed by atoms with Gasteiger partial charge in [-0.15, -0.1) is 0 Å². The zero-order valence-corrected chi connectivity index (χ0v) is 27.5. The number of hydroxylamine groups is 2. The van der Waals surface area contributed by atoms with Gasteiger partial charge in [-0.25, -0.2) is 17.9 Å². The molecular formula is C32H40FN3O9S. The smallest absolute Gasteiger partial charge is 0.247 e. The lowest BCUT2D eigenvalue weighted by molar-refractivity contribution is -0.195. The number of rotatable bonds is 15. The van der Waals surface area contributed by atoms with Crippen molar-refractivity contribution in [2.24, 2.45) is 0 Å². The van der Waals surface area contributed by atoms with Crippen LogP contribution in [0, 0.1) is 5.82 Å². The number of anilines is 1. The summed E-state index contributed by atoms with van der Waals surface area (Å²) in [6.45, 7) is 1.20. The molecule has 4 rings (SSSR count). The molecule has 0 saturated carbocycles. The van der Waals surface area contributed by atoms with Gasteiger partial charge < -0.3 is 28.6 Å². The van der Waals surface area contributed by atoms with Gasteiger partial charge in [-0.05, 0) is 36.4 Å². The summed E-state index contributed by atoms with van der Waals surface area (Å²) in [6.07, 6.45) is -0.332. The van der Waals surface area contributed by atoms with E-state index in [0.29, 0.717) is 53.0 Å². The van der Waals surface area contributed by atoms with Crippen molar-refractivity contribution in [2.45, 2.75) is 19.6 Å². The number of amides is 1. The average Bonchev–Trinajstić information content (AvgIpc) is 3.09. The Morgan fingerprint density at radius 3 is 1.93 bits per heavy atom. The molecule has 1 aliphatic rings. The lowest BCUT2D eigenvalue weighted by Gasteiger charge is -2.35. The molecule has 1 aliphatic heterocycles. The maximum Gasteiger partial charge on any atom is 0.247 e. The van der Waals surface area contributed by atoms with Crippen LogP contribution >= 0.6 is 0 Å². The van der Waals surface area contributed by atoms with Gasteiger partial charge in [0.2, 0.25) is 15.9 Å². The van der Waals surface area contributed by atoms with Crippen molar-refractivity contribution < 1.29 is 46.1 Å². The van der Waals surface area contributed by atoms with Gasteiger partial charge in [0.1, 0.15) is 41.2 Å². The van der Waals surface area contributed by atoms with Gasteiger partial charge in [0.15, 0.2) is 0 Å². The van der Waals surface area contributed by atoms with Crippen LogP contribution in [0.25, 0.3) is 0 Å². The number of nitrogens with zero attached hydrogens (tertiary/aromatic N) is 3. The van der Waals surface area contributed by atoms with Crippen molar-refractivity contribution in [1.82, 2.24) is 9.37 Å².